The molecule has 1 rings (SSSR count). The van der Waals surface area contributed by atoms with Gasteiger partial charge in [0.2, 0.25) is 0 Å². The molecule has 2 atom stereocenters. The summed E-state index contributed by atoms with van der Waals surface area (Å²) in [6.45, 7) is 7.69. The van der Waals surface area contributed by atoms with Crippen molar-refractivity contribution in [3.63, 3.8) is 0 Å². The van der Waals surface area contributed by atoms with Crippen molar-refractivity contribution in [2.24, 2.45) is 0 Å². The molecule has 0 spiro atoms. The minimum absolute atomic E-state index is 0.288. The van der Waals surface area contributed by atoms with Crippen molar-refractivity contribution in [1.29, 1.82) is 0 Å². The molecule has 0 bridgehead atoms. The largest absolute Gasteiger partial charge is 0.491 e. The van der Waals surface area contributed by atoms with Gasteiger partial charge in [0.25, 0.3) is 0 Å². The van der Waals surface area contributed by atoms with Crippen LogP contribution in [-0.4, -0.2) is 44.1 Å². The molecule has 0 aliphatic heterocycles. The van der Waals surface area contributed by atoms with Gasteiger partial charge in [-0.25, -0.2) is 0 Å². The van der Waals surface area contributed by atoms with Crippen LogP contribution in [0.1, 0.15) is 30.9 Å². The molecule has 0 radical (unpaired) electrons. The first-order chi connectivity index (χ1) is 10.0. The van der Waals surface area contributed by atoms with Gasteiger partial charge in [-0.1, -0.05) is 19.4 Å². The smallest absolute Gasteiger partial charge is 0.119 e. The lowest BCUT2D eigenvalue weighted by atomic mass is 10.1. The molecule has 21 heavy (non-hydrogen) atoms. The molecule has 1 aromatic rings. The number of aryl methyl sites for hydroxylation is 2. The van der Waals surface area contributed by atoms with Crippen LogP contribution in [0.15, 0.2) is 18.2 Å². The van der Waals surface area contributed by atoms with E-state index in [-0.39, 0.29) is 6.04 Å². The number of hydrogen-bond acceptors (Lipinski definition) is 4. The minimum atomic E-state index is -0.526. The van der Waals surface area contributed by atoms with Crippen molar-refractivity contribution in [3.8, 4) is 5.75 Å². The normalized spacial score (nSPS) is 14.0. The van der Waals surface area contributed by atoms with Gasteiger partial charge in [0.05, 0.1) is 6.61 Å². The lowest BCUT2D eigenvalue weighted by molar-refractivity contribution is 0.0946. The van der Waals surface area contributed by atoms with Crippen LogP contribution in [-0.2, 0) is 4.74 Å². The summed E-state index contributed by atoms with van der Waals surface area (Å²) in [5.41, 5.74) is 2.33. The minimum Gasteiger partial charge on any atom is -0.491 e. The molecule has 2 unspecified atom stereocenters. The molecule has 0 aliphatic carbocycles. The standard InChI is InChI=1S/C17H29NO3/c1-5-6-15(11-20-4)18-10-16(19)12-21-17-8-13(2)7-14(3)9-17/h7-9,15-16,18-19H,5-6,10-12H2,1-4H3. The molecule has 4 heteroatoms. The molecule has 0 aromatic heterocycles. The number of methoxy groups -OCH3 is 1. The molecule has 0 fully saturated rings. The summed E-state index contributed by atoms with van der Waals surface area (Å²) >= 11 is 0. The zero-order valence-electron chi connectivity index (χ0n) is 13.7. The topological polar surface area (TPSA) is 50.7 Å². The fraction of sp³-hybridized carbons (Fsp3) is 0.647. The van der Waals surface area contributed by atoms with Crippen molar-refractivity contribution >= 4 is 0 Å². The maximum Gasteiger partial charge on any atom is 0.119 e. The average Bonchev–Trinajstić information content (AvgIpc) is 2.42. The highest BCUT2D eigenvalue weighted by Gasteiger charge is 2.11. The summed E-state index contributed by atoms with van der Waals surface area (Å²) in [4.78, 5) is 0. The first-order valence-corrected chi connectivity index (χ1v) is 7.66. The van der Waals surface area contributed by atoms with Crippen LogP contribution in [0, 0.1) is 13.8 Å². The molecule has 4 nitrogen and oxygen atoms in total. The third-order valence-corrected chi connectivity index (χ3v) is 3.28. The van der Waals surface area contributed by atoms with Crippen LogP contribution in [0.5, 0.6) is 5.75 Å². The average molecular weight is 295 g/mol. The maximum absolute atomic E-state index is 10.0. The Hall–Kier alpha value is -1.10. The summed E-state index contributed by atoms with van der Waals surface area (Å²) in [7, 11) is 1.70. The molecular formula is C17H29NO3. The van der Waals surface area contributed by atoms with Gasteiger partial charge in [0.15, 0.2) is 0 Å². The number of nitrogens with one attached hydrogen (secondary N) is 1. The fourth-order valence-electron chi connectivity index (χ4n) is 2.36. The van der Waals surface area contributed by atoms with Gasteiger partial charge >= 0.3 is 0 Å². The zero-order chi connectivity index (χ0) is 15.7. The monoisotopic (exact) mass is 295 g/mol. The quantitative estimate of drug-likeness (QED) is 0.696. The van der Waals surface area contributed by atoms with Gasteiger partial charge < -0.3 is 19.9 Å². The maximum atomic E-state index is 10.0. The molecule has 0 aliphatic rings. The van der Waals surface area contributed by atoms with E-state index < -0.39 is 6.10 Å². The second kappa shape index (κ2) is 9.77. The SMILES string of the molecule is CCCC(COC)NCC(O)COc1cc(C)cc(C)c1. The molecule has 0 saturated carbocycles. The number of benzene rings is 1. The van der Waals surface area contributed by atoms with Crippen LogP contribution in [0.25, 0.3) is 0 Å². The van der Waals surface area contributed by atoms with Crippen LogP contribution in [0.2, 0.25) is 0 Å². The van der Waals surface area contributed by atoms with Crippen molar-refractivity contribution in [2.75, 3.05) is 26.9 Å². The van der Waals surface area contributed by atoms with E-state index in [1.165, 1.54) is 11.1 Å². The van der Waals surface area contributed by atoms with Crippen LogP contribution in [0.3, 0.4) is 0 Å². The second-order valence-electron chi connectivity index (χ2n) is 5.64. The van der Waals surface area contributed by atoms with E-state index in [1.54, 1.807) is 7.11 Å². The molecule has 0 heterocycles. The number of aliphatic hydroxyl groups excluding tert-OH is 1. The van der Waals surface area contributed by atoms with Gasteiger partial charge in [-0.15, -0.1) is 0 Å². The third-order valence-electron chi connectivity index (χ3n) is 3.28. The predicted molar refractivity (Wildman–Crippen MR) is 86.0 cm³/mol. The van der Waals surface area contributed by atoms with Gasteiger partial charge in [-0.2, -0.15) is 0 Å². The highest BCUT2D eigenvalue weighted by Crippen LogP contribution is 2.16. The van der Waals surface area contributed by atoms with Crippen molar-refractivity contribution in [3.05, 3.63) is 29.3 Å². The number of aliphatic hydroxyl groups is 1. The number of hydrogen-bond donors (Lipinski definition) is 2. The summed E-state index contributed by atoms with van der Waals surface area (Å²) in [6, 6.07) is 6.36. The van der Waals surface area contributed by atoms with E-state index in [9.17, 15) is 5.11 Å². The Morgan fingerprint density at radius 2 is 1.81 bits per heavy atom. The zero-order valence-corrected chi connectivity index (χ0v) is 13.7. The Morgan fingerprint density at radius 1 is 1.14 bits per heavy atom. The first-order valence-electron chi connectivity index (χ1n) is 7.66. The lowest BCUT2D eigenvalue weighted by Crippen LogP contribution is -2.40. The van der Waals surface area contributed by atoms with Crippen molar-refractivity contribution in [1.82, 2.24) is 5.32 Å². The second-order valence-corrected chi connectivity index (χ2v) is 5.64. The van der Waals surface area contributed by atoms with Crippen LogP contribution < -0.4 is 10.1 Å². The van der Waals surface area contributed by atoms with Gasteiger partial charge in [-0.3, -0.25) is 0 Å². The first kappa shape index (κ1) is 18.0. The van der Waals surface area contributed by atoms with Crippen LogP contribution >= 0.6 is 0 Å². The molecule has 120 valence electrons. The van der Waals surface area contributed by atoms with E-state index in [1.807, 2.05) is 26.0 Å². The highest BCUT2D eigenvalue weighted by molar-refractivity contribution is 5.32. The number of rotatable bonds is 10. The molecule has 1 aromatic carbocycles. The summed E-state index contributed by atoms with van der Waals surface area (Å²) < 4.78 is 10.8. The van der Waals surface area contributed by atoms with E-state index in [4.69, 9.17) is 9.47 Å². The molecular weight excluding hydrogens is 266 g/mol. The van der Waals surface area contributed by atoms with Crippen LogP contribution in [0.4, 0.5) is 0 Å². The Labute approximate surface area is 128 Å². The molecule has 0 amide bonds. The Bertz CT molecular complexity index is 383. The van der Waals surface area contributed by atoms with Crippen molar-refractivity contribution < 1.29 is 14.6 Å². The van der Waals surface area contributed by atoms with E-state index >= 15 is 0 Å². The summed E-state index contributed by atoms with van der Waals surface area (Å²) in [5, 5.41) is 13.3. The third kappa shape index (κ3) is 7.46. The molecule has 0 saturated heterocycles. The molecule has 2 N–H and O–H groups in total. The van der Waals surface area contributed by atoms with E-state index in [0.29, 0.717) is 19.8 Å². The Morgan fingerprint density at radius 3 is 2.38 bits per heavy atom. The summed E-state index contributed by atoms with van der Waals surface area (Å²) in [5.74, 6) is 0.813. The fourth-order valence-corrected chi connectivity index (χ4v) is 2.36. The lowest BCUT2D eigenvalue weighted by Gasteiger charge is -2.20. The van der Waals surface area contributed by atoms with Gasteiger partial charge in [0, 0.05) is 19.7 Å². The number of ether oxygens (including phenoxy) is 2. The highest BCUT2D eigenvalue weighted by atomic mass is 16.5. The van der Waals surface area contributed by atoms with Gasteiger partial charge in [-0.05, 0) is 43.5 Å². The van der Waals surface area contributed by atoms with Crippen molar-refractivity contribution in [2.45, 2.75) is 45.8 Å². The van der Waals surface area contributed by atoms with Gasteiger partial charge in [0.1, 0.15) is 18.5 Å². The summed E-state index contributed by atoms with van der Waals surface area (Å²) in [6.07, 6.45) is 1.61. The Balaban J connectivity index is 2.34. The Kier molecular flexibility index (Phi) is 8.35. The predicted octanol–water partition coefficient (Wildman–Crippen LogP) is 2.45. The van der Waals surface area contributed by atoms with E-state index in [2.05, 4.69) is 18.3 Å². The van der Waals surface area contributed by atoms with E-state index in [0.717, 1.165) is 18.6 Å².